The van der Waals surface area contributed by atoms with Gasteiger partial charge in [-0.25, -0.2) is 0 Å². The fourth-order valence-corrected chi connectivity index (χ4v) is 1.86. The Hall–Kier alpha value is 0.110. The number of hydrogen-bond donors (Lipinski definition) is 0. The van der Waals surface area contributed by atoms with Crippen LogP contribution in [0.4, 0.5) is 0 Å². The van der Waals surface area contributed by atoms with Crippen LogP contribution in [0.5, 0.6) is 0 Å². The predicted octanol–water partition coefficient (Wildman–Crippen LogP) is 2.72. The van der Waals surface area contributed by atoms with E-state index < -0.39 is 13.4 Å². The molecule has 4 nitrogen and oxygen atoms in total. The van der Waals surface area contributed by atoms with Crippen LogP contribution in [0.3, 0.4) is 0 Å². The molecule has 0 fully saturated rings. The van der Waals surface area contributed by atoms with Gasteiger partial charge in [0.15, 0.2) is 0 Å². The third-order valence-electron chi connectivity index (χ3n) is 1.49. The summed E-state index contributed by atoms with van der Waals surface area (Å²) in [5, 5.41) is 0. The number of phosphoric ester groups is 1. The second kappa shape index (κ2) is 4.96. The van der Waals surface area contributed by atoms with Crippen LogP contribution < -0.4 is 4.89 Å². The Morgan fingerprint density at radius 3 is 1.93 bits per heavy atom. The fraction of sp³-hybridized carbons (Fsp3) is 1.00. The highest BCUT2D eigenvalue weighted by molar-refractivity contribution is 7.45. The molecule has 0 aliphatic rings. The molecule has 15 heavy (non-hydrogen) atoms. The Balaban J connectivity index is 4.01. The Morgan fingerprint density at radius 2 is 1.60 bits per heavy atom. The van der Waals surface area contributed by atoms with Gasteiger partial charge < -0.3 is 13.9 Å². The summed E-state index contributed by atoms with van der Waals surface area (Å²) >= 11 is 0. The van der Waals surface area contributed by atoms with Crippen LogP contribution in [0, 0.1) is 5.41 Å². The number of phosphoric acid groups is 1. The van der Waals surface area contributed by atoms with Crippen LogP contribution in [-0.2, 0) is 13.6 Å². The Bertz CT molecular complexity index is 237. The summed E-state index contributed by atoms with van der Waals surface area (Å²) in [4.78, 5) is 11.3. The molecule has 0 spiro atoms. The van der Waals surface area contributed by atoms with Crippen LogP contribution in [0.2, 0.25) is 0 Å². The Labute approximate surface area is 92.6 Å². The first-order valence-corrected chi connectivity index (χ1v) is 6.54. The topological polar surface area (TPSA) is 58.6 Å². The van der Waals surface area contributed by atoms with Crippen molar-refractivity contribution in [2.75, 3.05) is 6.61 Å². The van der Waals surface area contributed by atoms with E-state index in [1.807, 2.05) is 20.8 Å². The first-order valence-electron chi connectivity index (χ1n) is 5.08. The molecule has 0 aromatic carbocycles. The molecule has 0 rings (SSSR count). The standard InChI is InChI=1S/C10H23O4P/c1-9(2,3)7-8-13-15(11,12)14-10(4,5)6/h7-8H2,1-6H3,(H,11,12)/p-1. The van der Waals surface area contributed by atoms with E-state index in [-0.39, 0.29) is 12.0 Å². The molecule has 0 aromatic rings. The van der Waals surface area contributed by atoms with Crippen molar-refractivity contribution in [3.05, 3.63) is 0 Å². The first-order chi connectivity index (χ1) is 6.41. The molecule has 0 aliphatic carbocycles. The van der Waals surface area contributed by atoms with Gasteiger partial charge in [0.05, 0.1) is 12.2 Å². The highest BCUT2D eigenvalue weighted by Gasteiger charge is 2.21. The average Bonchev–Trinajstić information content (AvgIpc) is 1.75. The maximum absolute atomic E-state index is 11.3. The van der Waals surface area contributed by atoms with Gasteiger partial charge in [-0.2, -0.15) is 0 Å². The summed E-state index contributed by atoms with van der Waals surface area (Å²) < 4.78 is 20.9. The van der Waals surface area contributed by atoms with E-state index in [0.29, 0.717) is 6.42 Å². The zero-order valence-corrected chi connectivity index (χ0v) is 11.4. The summed E-state index contributed by atoms with van der Waals surface area (Å²) in [6.45, 7) is 11.3. The molecule has 0 heterocycles. The molecule has 0 aromatic heterocycles. The minimum absolute atomic E-state index is 0.0573. The van der Waals surface area contributed by atoms with E-state index in [1.165, 1.54) is 0 Å². The fourth-order valence-electron chi connectivity index (χ4n) is 0.825. The second-order valence-corrected chi connectivity index (χ2v) is 7.13. The van der Waals surface area contributed by atoms with Gasteiger partial charge in [-0.05, 0) is 32.6 Å². The predicted molar refractivity (Wildman–Crippen MR) is 58.5 cm³/mol. The summed E-state index contributed by atoms with van der Waals surface area (Å²) in [6, 6.07) is 0. The van der Waals surface area contributed by atoms with E-state index >= 15 is 0 Å². The van der Waals surface area contributed by atoms with Gasteiger partial charge >= 0.3 is 0 Å². The molecule has 0 radical (unpaired) electrons. The van der Waals surface area contributed by atoms with Gasteiger partial charge in [0.2, 0.25) is 0 Å². The SMILES string of the molecule is CC(C)(C)CCOP(=O)([O-])OC(C)(C)C. The first kappa shape index (κ1) is 15.1. The lowest BCUT2D eigenvalue weighted by molar-refractivity contribution is -0.234. The summed E-state index contributed by atoms with van der Waals surface area (Å²) in [5.74, 6) is 0. The van der Waals surface area contributed by atoms with Crippen molar-refractivity contribution >= 4 is 7.82 Å². The van der Waals surface area contributed by atoms with Crippen LogP contribution >= 0.6 is 7.82 Å². The van der Waals surface area contributed by atoms with Crippen molar-refractivity contribution in [3.8, 4) is 0 Å². The van der Waals surface area contributed by atoms with Crippen molar-refractivity contribution in [2.24, 2.45) is 5.41 Å². The molecule has 0 amide bonds. The molecule has 0 saturated heterocycles. The normalized spacial score (nSPS) is 17.5. The molecule has 1 atom stereocenters. The van der Waals surface area contributed by atoms with Crippen LogP contribution in [0.1, 0.15) is 48.0 Å². The zero-order chi connectivity index (χ0) is 12.3. The lowest BCUT2D eigenvalue weighted by Crippen LogP contribution is -2.23. The number of rotatable bonds is 4. The van der Waals surface area contributed by atoms with Gasteiger partial charge in [-0.1, -0.05) is 20.8 Å². The highest BCUT2D eigenvalue weighted by atomic mass is 31.2. The molecule has 0 N–H and O–H groups in total. The van der Waals surface area contributed by atoms with Crippen molar-refractivity contribution in [2.45, 2.75) is 53.6 Å². The highest BCUT2D eigenvalue weighted by Crippen LogP contribution is 2.43. The van der Waals surface area contributed by atoms with Crippen molar-refractivity contribution in [1.29, 1.82) is 0 Å². The Morgan fingerprint density at radius 1 is 1.13 bits per heavy atom. The lowest BCUT2D eigenvalue weighted by atomic mass is 9.93. The molecule has 92 valence electrons. The van der Waals surface area contributed by atoms with E-state index in [2.05, 4.69) is 0 Å². The average molecular weight is 237 g/mol. The number of hydrogen-bond acceptors (Lipinski definition) is 4. The van der Waals surface area contributed by atoms with E-state index in [1.54, 1.807) is 20.8 Å². The molecular weight excluding hydrogens is 215 g/mol. The molecule has 1 unspecified atom stereocenters. The third-order valence-corrected chi connectivity index (χ3v) is 2.76. The second-order valence-electron chi connectivity index (χ2n) is 5.79. The molecular formula is C10H22O4P-. The summed E-state index contributed by atoms with van der Waals surface area (Å²) in [6.07, 6.45) is 0.673. The Kier molecular flexibility index (Phi) is 5.00. The van der Waals surface area contributed by atoms with Crippen molar-refractivity contribution < 1.29 is 18.5 Å². The van der Waals surface area contributed by atoms with Gasteiger partial charge in [0.1, 0.15) is 0 Å². The van der Waals surface area contributed by atoms with Gasteiger partial charge in [0.25, 0.3) is 7.82 Å². The lowest BCUT2D eigenvalue weighted by Gasteiger charge is -2.31. The monoisotopic (exact) mass is 237 g/mol. The van der Waals surface area contributed by atoms with Crippen molar-refractivity contribution in [3.63, 3.8) is 0 Å². The van der Waals surface area contributed by atoms with E-state index in [4.69, 9.17) is 9.05 Å². The molecule has 0 bridgehead atoms. The van der Waals surface area contributed by atoms with Crippen LogP contribution in [-0.4, -0.2) is 12.2 Å². The quantitative estimate of drug-likeness (QED) is 0.705. The van der Waals surface area contributed by atoms with E-state index in [9.17, 15) is 9.46 Å². The van der Waals surface area contributed by atoms with Crippen LogP contribution in [0.15, 0.2) is 0 Å². The minimum atomic E-state index is -4.15. The smallest absolute Gasteiger partial charge is 0.268 e. The minimum Gasteiger partial charge on any atom is -0.756 e. The maximum atomic E-state index is 11.3. The van der Waals surface area contributed by atoms with Gasteiger partial charge in [-0.15, -0.1) is 0 Å². The van der Waals surface area contributed by atoms with E-state index in [0.717, 1.165) is 0 Å². The largest absolute Gasteiger partial charge is 0.756 e. The zero-order valence-electron chi connectivity index (χ0n) is 10.5. The van der Waals surface area contributed by atoms with Gasteiger partial charge in [0, 0.05) is 0 Å². The summed E-state index contributed by atoms with van der Waals surface area (Å²) in [5.41, 5.74) is -0.680. The molecule has 0 saturated carbocycles. The molecule has 0 aliphatic heterocycles. The van der Waals surface area contributed by atoms with Crippen LogP contribution in [0.25, 0.3) is 0 Å². The summed E-state index contributed by atoms with van der Waals surface area (Å²) in [7, 11) is -4.15. The maximum Gasteiger partial charge on any atom is 0.268 e. The van der Waals surface area contributed by atoms with Gasteiger partial charge in [-0.3, -0.25) is 4.57 Å². The third kappa shape index (κ3) is 10.4. The van der Waals surface area contributed by atoms with Crippen molar-refractivity contribution in [1.82, 2.24) is 0 Å². The molecule has 5 heteroatoms.